The zero-order chi connectivity index (χ0) is 9.26. The van der Waals surface area contributed by atoms with Gasteiger partial charge in [0.15, 0.2) is 5.09 Å². The summed E-state index contributed by atoms with van der Waals surface area (Å²) in [4.78, 5) is 2.24. The second-order valence-electron chi connectivity index (χ2n) is 3.77. The van der Waals surface area contributed by atoms with Crippen LogP contribution in [0.4, 0.5) is 0 Å². The fourth-order valence-corrected chi connectivity index (χ4v) is 3.02. The molecular formula is C10H15NOS. The van der Waals surface area contributed by atoms with E-state index in [1.807, 2.05) is 11.8 Å². The highest BCUT2D eigenvalue weighted by Gasteiger charge is 2.21. The standard InChI is InChI=1S/C10H15NOS/c1-11(2)7-9-4-3-8-5-6-12-10(8)13-9/h5-6,9H,3-4,7H2,1-2H3. The molecule has 0 aromatic carbocycles. The average molecular weight is 197 g/mol. The summed E-state index contributed by atoms with van der Waals surface area (Å²) < 4.78 is 5.41. The molecule has 0 bridgehead atoms. The summed E-state index contributed by atoms with van der Waals surface area (Å²) in [7, 11) is 4.25. The molecule has 0 N–H and O–H groups in total. The maximum Gasteiger partial charge on any atom is 0.163 e. The van der Waals surface area contributed by atoms with E-state index in [9.17, 15) is 0 Å². The molecule has 1 aliphatic rings. The highest BCUT2D eigenvalue weighted by Crippen LogP contribution is 2.35. The number of hydrogen-bond acceptors (Lipinski definition) is 3. The van der Waals surface area contributed by atoms with Crippen LogP contribution in [0.2, 0.25) is 0 Å². The van der Waals surface area contributed by atoms with Crippen molar-refractivity contribution in [3.05, 3.63) is 17.9 Å². The van der Waals surface area contributed by atoms with Gasteiger partial charge in [-0.2, -0.15) is 0 Å². The van der Waals surface area contributed by atoms with Gasteiger partial charge in [0.05, 0.1) is 6.26 Å². The Hall–Kier alpha value is -0.410. The molecule has 2 nitrogen and oxygen atoms in total. The van der Waals surface area contributed by atoms with Crippen LogP contribution in [-0.2, 0) is 6.42 Å². The van der Waals surface area contributed by atoms with Crippen molar-refractivity contribution in [2.45, 2.75) is 23.2 Å². The van der Waals surface area contributed by atoms with Gasteiger partial charge in [0, 0.05) is 17.4 Å². The van der Waals surface area contributed by atoms with Gasteiger partial charge in [-0.15, -0.1) is 0 Å². The van der Waals surface area contributed by atoms with Crippen LogP contribution >= 0.6 is 11.8 Å². The Morgan fingerprint density at radius 2 is 2.46 bits per heavy atom. The summed E-state index contributed by atoms with van der Waals surface area (Å²) in [5, 5.41) is 1.84. The van der Waals surface area contributed by atoms with Crippen LogP contribution in [0.5, 0.6) is 0 Å². The van der Waals surface area contributed by atoms with Gasteiger partial charge in [0.2, 0.25) is 0 Å². The van der Waals surface area contributed by atoms with Crippen molar-refractivity contribution >= 4 is 11.8 Å². The van der Waals surface area contributed by atoms with Crippen molar-refractivity contribution in [1.82, 2.24) is 4.90 Å². The molecule has 13 heavy (non-hydrogen) atoms. The van der Waals surface area contributed by atoms with E-state index in [1.54, 1.807) is 6.26 Å². The molecule has 1 aromatic heterocycles. The molecule has 0 amide bonds. The van der Waals surface area contributed by atoms with Crippen LogP contribution in [0.3, 0.4) is 0 Å². The van der Waals surface area contributed by atoms with Crippen molar-refractivity contribution in [2.24, 2.45) is 0 Å². The normalized spacial score (nSPS) is 21.9. The lowest BCUT2D eigenvalue weighted by Gasteiger charge is -2.23. The lowest BCUT2D eigenvalue weighted by atomic mass is 10.1. The maximum atomic E-state index is 5.41. The first-order chi connectivity index (χ1) is 6.25. The summed E-state index contributed by atoms with van der Waals surface area (Å²) in [5.41, 5.74) is 1.39. The molecule has 1 aromatic rings. The van der Waals surface area contributed by atoms with Crippen molar-refractivity contribution < 1.29 is 4.42 Å². The van der Waals surface area contributed by atoms with Crippen molar-refractivity contribution in [2.75, 3.05) is 20.6 Å². The van der Waals surface area contributed by atoms with E-state index < -0.39 is 0 Å². The number of furan rings is 1. The fraction of sp³-hybridized carbons (Fsp3) is 0.600. The molecule has 0 saturated carbocycles. The van der Waals surface area contributed by atoms with Gasteiger partial charge in [-0.05, 0) is 33.0 Å². The van der Waals surface area contributed by atoms with E-state index >= 15 is 0 Å². The summed E-state index contributed by atoms with van der Waals surface area (Å²) in [6, 6.07) is 2.09. The quantitative estimate of drug-likeness (QED) is 0.723. The third-order valence-corrected chi connectivity index (χ3v) is 3.58. The van der Waals surface area contributed by atoms with Gasteiger partial charge < -0.3 is 9.32 Å². The summed E-state index contributed by atoms with van der Waals surface area (Å²) in [6.45, 7) is 1.14. The lowest BCUT2D eigenvalue weighted by molar-refractivity contribution is 0.392. The molecule has 1 aliphatic heterocycles. The predicted octanol–water partition coefficient (Wildman–Crippen LogP) is 2.25. The smallest absolute Gasteiger partial charge is 0.163 e. The van der Waals surface area contributed by atoms with Crippen LogP contribution in [0, 0.1) is 0 Å². The minimum absolute atomic E-state index is 0.702. The van der Waals surface area contributed by atoms with Gasteiger partial charge >= 0.3 is 0 Å². The van der Waals surface area contributed by atoms with Crippen LogP contribution in [0.1, 0.15) is 12.0 Å². The third kappa shape index (κ3) is 2.09. The summed E-state index contributed by atoms with van der Waals surface area (Å²) in [6.07, 6.45) is 4.25. The first-order valence-corrected chi connectivity index (χ1v) is 5.51. The molecule has 72 valence electrons. The zero-order valence-electron chi connectivity index (χ0n) is 8.12. The molecule has 0 saturated heterocycles. The maximum absolute atomic E-state index is 5.41. The van der Waals surface area contributed by atoms with Crippen LogP contribution < -0.4 is 0 Å². The number of fused-ring (bicyclic) bond motifs is 1. The number of hydrogen-bond donors (Lipinski definition) is 0. The molecule has 2 rings (SSSR count). The first kappa shape index (κ1) is 9.16. The second-order valence-corrected chi connectivity index (χ2v) is 5.05. The fourth-order valence-electron chi connectivity index (χ4n) is 1.67. The van der Waals surface area contributed by atoms with Gasteiger partial charge in [0.25, 0.3) is 0 Å². The number of aryl methyl sites for hydroxylation is 1. The Morgan fingerprint density at radius 3 is 3.23 bits per heavy atom. The van der Waals surface area contributed by atoms with Gasteiger partial charge in [-0.1, -0.05) is 11.8 Å². The first-order valence-electron chi connectivity index (χ1n) is 4.63. The minimum atomic E-state index is 0.702. The Kier molecular flexibility index (Phi) is 2.65. The van der Waals surface area contributed by atoms with Crippen LogP contribution in [-0.4, -0.2) is 30.8 Å². The summed E-state index contributed by atoms with van der Waals surface area (Å²) in [5.74, 6) is 0. The van der Waals surface area contributed by atoms with E-state index in [1.165, 1.54) is 18.4 Å². The topological polar surface area (TPSA) is 16.4 Å². The zero-order valence-corrected chi connectivity index (χ0v) is 8.93. The highest BCUT2D eigenvalue weighted by molar-refractivity contribution is 7.99. The molecule has 0 radical (unpaired) electrons. The van der Waals surface area contributed by atoms with E-state index in [-0.39, 0.29) is 0 Å². The number of nitrogens with zero attached hydrogens (tertiary/aromatic N) is 1. The SMILES string of the molecule is CN(C)CC1CCc2ccoc2S1. The largest absolute Gasteiger partial charge is 0.458 e. The third-order valence-electron chi connectivity index (χ3n) is 2.28. The Bertz CT molecular complexity index is 282. The molecule has 0 fully saturated rings. The monoisotopic (exact) mass is 197 g/mol. The minimum Gasteiger partial charge on any atom is -0.458 e. The van der Waals surface area contributed by atoms with Crippen molar-refractivity contribution in [3.8, 4) is 0 Å². The highest BCUT2D eigenvalue weighted by atomic mass is 32.2. The molecule has 0 aliphatic carbocycles. The number of thioether (sulfide) groups is 1. The van der Waals surface area contributed by atoms with E-state index in [0.717, 1.165) is 11.6 Å². The van der Waals surface area contributed by atoms with Crippen molar-refractivity contribution in [3.63, 3.8) is 0 Å². The Morgan fingerprint density at radius 1 is 1.62 bits per heavy atom. The molecule has 1 atom stereocenters. The van der Waals surface area contributed by atoms with Gasteiger partial charge in [-0.3, -0.25) is 0 Å². The van der Waals surface area contributed by atoms with Crippen LogP contribution in [0.25, 0.3) is 0 Å². The van der Waals surface area contributed by atoms with Crippen LogP contribution in [0.15, 0.2) is 21.8 Å². The van der Waals surface area contributed by atoms with E-state index in [0.29, 0.717) is 5.25 Å². The Balaban J connectivity index is 2.00. The van der Waals surface area contributed by atoms with E-state index in [2.05, 4.69) is 25.1 Å². The molecule has 1 unspecified atom stereocenters. The van der Waals surface area contributed by atoms with Gasteiger partial charge in [0.1, 0.15) is 0 Å². The Labute approximate surface area is 83.3 Å². The number of rotatable bonds is 2. The average Bonchev–Trinajstić information content (AvgIpc) is 2.49. The lowest BCUT2D eigenvalue weighted by Crippen LogP contribution is -2.25. The van der Waals surface area contributed by atoms with Crippen molar-refractivity contribution in [1.29, 1.82) is 0 Å². The summed E-state index contributed by atoms with van der Waals surface area (Å²) >= 11 is 1.88. The molecule has 0 spiro atoms. The predicted molar refractivity (Wildman–Crippen MR) is 55.2 cm³/mol. The van der Waals surface area contributed by atoms with Gasteiger partial charge in [-0.25, -0.2) is 0 Å². The molecule has 3 heteroatoms. The molecular weight excluding hydrogens is 182 g/mol. The molecule has 2 heterocycles. The van der Waals surface area contributed by atoms with E-state index in [4.69, 9.17) is 4.42 Å². The second kappa shape index (κ2) is 3.76.